The molecule has 0 unspecified atom stereocenters. The molecule has 0 heterocycles. The van der Waals surface area contributed by atoms with Crippen molar-refractivity contribution in [1.82, 2.24) is 9.62 Å². The molecule has 2 aromatic carbocycles. The second-order valence-electron chi connectivity index (χ2n) is 7.14. The number of carbonyl (C=O) groups is 1. The first kappa shape index (κ1) is 30.4. The summed E-state index contributed by atoms with van der Waals surface area (Å²) < 4.78 is 27.2. The van der Waals surface area contributed by atoms with E-state index in [2.05, 4.69) is 15.0 Å². The number of guanidine groups is 1. The molecule has 0 aliphatic carbocycles. The predicted octanol–water partition coefficient (Wildman–Crippen LogP) is 2.32. The lowest BCUT2D eigenvalue weighted by Crippen LogP contribution is -2.31. The molecule has 0 bridgehead atoms. The van der Waals surface area contributed by atoms with Gasteiger partial charge in [0.05, 0.1) is 4.90 Å². The molecule has 0 aliphatic rings. The molecule has 0 atom stereocenters. The molecule has 0 aliphatic heterocycles. The van der Waals surface area contributed by atoms with E-state index >= 15 is 0 Å². The summed E-state index contributed by atoms with van der Waals surface area (Å²) in [6.45, 7) is 2.59. The first-order chi connectivity index (χ1) is 14.6. The lowest BCUT2D eigenvalue weighted by Gasteiger charge is -2.12. The lowest BCUT2D eigenvalue weighted by molar-refractivity contribution is -0.114. The Kier molecular flexibility index (Phi) is 12.7. The molecule has 2 aromatic rings. The minimum Gasteiger partial charge on any atom is -0.370 e. The van der Waals surface area contributed by atoms with Crippen molar-refractivity contribution in [3.8, 4) is 0 Å². The van der Waals surface area contributed by atoms with Crippen molar-refractivity contribution in [3.63, 3.8) is 0 Å². The van der Waals surface area contributed by atoms with Gasteiger partial charge in [-0.05, 0) is 69.1 Å². The Bertz CT molecular complexity index is 1070. The van der Waals surface area contributed by atoms with Gasteiger partial charge in [0, 0.05) is 30.0 Å². The highest BCUT2D eigenvalue weighted by molar-refractivity contribution is 7.89. The zero-order valence-corrected chi connectivity index (χ0v) is 21.1. The van der Waals surface area contributed by atoms with E-state index < -0.39 is 15.9 Å². The van der Waals surface area contributed by atoms with Crippen LogP contribution in [0.3, 0.4) is 0 Å². The van der Waals surface area contributed by atoms with Crippen molar-refractivity contribution < 1.29 is 13.2 Å². The molecule has 0 saturated carbocycles. The van der Waals surface area contributed by atoms with Crippen molar-refractivity contribution in [2.45, 2.75) is 11.8 Å². The Labute approximate surface area is 207 Å². The molecule has 0 fully saturated rings. The number of nitrogens with one attached hydrogen (secondary N) is 2. The number of hydrogen-bond acceptors (Lipinski definition) is 5. The second kappa shape index (κ2) is 13.8. The fraction of sp³-hybridized carbons (Fsp3) is 0.238. The van der Waals surface area contributed by atoms with Gasteiger partial charge in [0.1, 0.15) is 0 Å². The lowest BCUT2D eigenvalue weighted by atomic mass is 10.1. The molecule has 12 heteroatoms. The van der Waals surface area contributed by atoms with E-state index in [9.17, 15) is 13.2 Å². The summed E-state index contributed by atoms with van der Waals surface area (Å²) in [5.41, 5.74) is 13.2. The van der Waals surface area contributed by atoms with Gasteiger partial charge in [-0.1, -0.05) is 12.1 Å². The van der Waals surface area contributed by atoms with Crippen LogP contribution in [0.4, 0.5) is 11.4 Å². The Morgan fingerprint density at radius 3 is 2.00 bits per heavy atom. The van der Waals surface area contributed by atoms with E-state index in [-0.39, 0.29) is 35.7 Å². The molecule has 0 spiro atoms. The van der Waals surface area contributed by atoms with Crippen molar-refractivity contribution in [1.29, 1.82) is 0 Å². The summed E-state index contributed by atoms with van der Waals surface area (Å²) in [5, 5.41) is 3.21. The minimum absolute atomic E-state index is 0. The predicted molar refractivity (Wildman–Crippen MR) is 139 cm³/mol. The average molecular weight is 517 g/mol. The summed E-state index contributed by atoms with van der Waals surface area (Å²) in [4.78, 5) is 17.4. The summed E-state index contributed by atoms with van der Waals surface area (Å²) in [6.07, 6.45) is 1.68. The number of hydrogen-bond donors (Lipinski definition) is 4. The van der Waals surface area contributed by atoms with Gasteiger partial charge >= 0.3 is 0 Å². The summed E-state index contributed by atoms with van der Waals surface area (Å²) >= 11 is 0. The molecule has 9 nitrogen and oxygen atoms in total. The topological polar surface area (TPSA) is 143 Å². The normalized spacial score (nSPS) is 11.2. The number of likely N-dealkylation sites (N-methyl/N-ethyl adjacent to an activating group) is 1. The van der Waals surface area contributed by atoms with Crippen LogP contribution in [-0.2, 0) is 14.8 Å². The molecule has 2 rings (SSSR count). The maximum atomic E-state index is 12.3. The van der Waals surface area contributed by atoms with E-state index in [1.165, 1.54) is 0 Å². The van der Waals surface area contributed by atoms with Gasteiger partial charge in [-0.2, -0.15) is 4.99 Å². The van der Waals surface area contributed by atoms with Gasteiger partial charge in [0.25, 0.3) is 5.91 Å². The van der Waals surface area contributed by atoms with Crippen molar-refractivity contribution in [3.05, 3.63) is 59.7 Å². The third-order valence-electron chi connectivity index (χ3n) is 4.17. The smallest absolute Gasteiger partial charge is 0.275 e. The number of nitrogens with zero attached hydrogens (tertiary/aromatic N) is 2. The molecular formula is C21H30Cl2N6O3S. The van der Waals surface area contributed by atoms with E-state index in [1.807, 2.05) is 43.3 Å². The van der Waals surface area contributed by atoms with Crippen LogP contribution in [0.5, 0.6) is 0 Å². The van der Waals surface area contributed by atoms with Gasteiger partial charge in [-0.25, -0.2) is 13.1 Å². The van der Waals surface area contributed by atoms with Crippen LogP contribution in [0.15, 0.2) is 64.0 Å². The largest absolute Gasteiger partial charge is 0.370 e. The highest BCUT2D eigenvalue weighted by atomic mass is 35.5. The molecule has 0 saturated heterocycles. The summed E-state index contributed by atoms with van der Waals surface area (Å²) in [5.74, 6) is -0.770. The van der Waals surface area contributed by atoms with Gasteiger partial charge in [-0.3, -0.25) is 4.79 Å². The van der Waals surface area contributed by atoms with Crippen LogP contribution in [-0.4, -0.2) is 52.4 Å². The standard InChI is InChI=1S/C21H28N6O3S.2ClH/c1-15(20(28)26-21(22)23)14-16-4-6-17(7-5-16)25-18-8-10-19(11-9-18)31(29,30)24-12-13-27(2)3;;/h4-11,14,24-25H,12-13H2,1-3H3,(H4,22,23,26,28);2*1H/b15-14+;;. The highest BCUT2D eigenvalue weighted by Crippen LogP contribution is 2.20. The number of halogens is 2. The number of amides is 1. The number of carbonyl (C=O) groups excluding carboxylic acids is 1. The molecule has 0 radical (unpaired) electrons. The van der Waals surface area contributed by atoms with Gasteiger partial charge in [0.15, 0.2) is 5.96 Å². The number of rotatable bonds is 9. The van der Waals surface area contributed by atoms with Crippen molar-refractivity contribution in [2.75, 3.05) is 32.5 Å². The van der Waals surface area contributed by atoms with Crippen LogP contribution < -0.4 is 21.5 Å². The minimum atomic E-state index is -3.54. The zero-order chi connectivity index (χ0) is 23.0. The van der Waals surface area contributed by atoms with E-state index in [1.54, 1.807) is 37.3 Å². The third-order valence-corrected chi connectivity index (χ3v) is 5.64. The Balaban J connectivity index is 0.00000512. The van der Waals surface area contributed by atoms with Crippen molar-refractivity contribution >= 4 is 64.2 Å². The molecular weight excluding hydrogens is 487 g/mol. The van der Waals surface area contributed by atoms with E-state index in [0.29, 0.717) is 18.7 Å². The molecule has 6 N–H and O–H groups in total. The van der Waals surface area contributed by atoms with Gasteiger partial charge in [0.2, 0.25) is 10.0 Å². The van der Waals surface area contributed by atoms with Gasteiger partial charge in [-0.15, -0.1) is 24.8 Å². The van der Waals surface area contributed by atoms with Crippen LogP contribution in [0.25, 0.3) is 6.08 Å². The SMILES string of the molecule is C/C(=C\c1ccc(Nc2ccc(S(=O)(=O)NCCN(C)C)cc2)cc1)C(=O)N=C(N)N.Cl.Cl. The van der Waals surface area contributed by atoms with Crippen LogP contribution in [0, 0.1) is 0 Å². The maximum Gasteiger partial charge on any atom is 0.275 e. The van der Waals surface area contributed by atoms with Crippen LogP contribution in [0.1, 0.15) is 12.5 Å². The fourth-order valence-electron chi connectivity index (χ4n) is 2.55. The number of aliphatic imine (C=N–C) groups is 1. The first-order valence-corrected chi connectivity index (χ1v) is 11.0. The molecule has 0 aromatic heterocycles. The zero-order valence-electron chi connectivity index (χ0n) is 18.6. The summed E-state index contributed by atoms with van der Waals surface area (Å²) in [6, 6.07) is 13.9. The quantitative estimate of drug-likeness (QED) is 0.227. The molecule has 182 valence electrons. The molecule has 33 heavy (non-hydrogen) atoms. The van der Waals surface area contributed by atoms with Gasteiger partial charge < -0.3 is 21.7 Å². The average Bonchev–Trinajstić information content (AvgIpc) is 2.69. The number of sulfonamides is 1. The summed E-state index contributed by atoms with van der Waals surface area (Å²) in [7, 11) is 0.219. The number of anilines is 2. The second-order valence-corrected chi connectivity index (χ2v) is 8.91. The number of nitrogens with two attached hydrogens (primary N) is 2. The third kappa shape index (κ3) is 10.2. The monoisotopic (exact) mass is 516 g/mol. The van der Waals surface area contributed by atoms with E-state index in [0.717, 1.165) is 16.9 Å². The Hall–Kier alpha value is -2.63. The highest BCUT2D eigenvalue weighted by Gasteiger charge is 2.13. The number of benzene rings is 2. The fourth-order valence-corrected chi connectivity index (χ4v) is 3.57. The van der Waals surface area contributed by atoms with Crippen molar-refractivity contribution in [2.24, 2.45) is 16.5 Å². The van der Waals surface area contributed by atoms with E-state index in [4.69, 9.17) is 11.5 Å². The van der Waals surface area contributed by atoms with Crippen LogP contribution in [0.2, 0.25) is 0 Å². The van der Waals surface area contributed by atoms with Crippen LogP contribution >= 0.6 is 24.8 Å². The Morgan fingerprint density at radius 1 is 1.00 bits per heavy atom. The molecule has 1 amide bonds. The maximum absolute atomic E-state index is 12.3. The first-order valence-electron chi connectivity index (χ1n) is 9.50. The Morgan fingerprint density at radius 2 is 1.52 bits per heavy atom.